The normalized spacial score (nSPS) is 13.9. The van der Waals surface area contributed by atoms with Gasteiger partial charge in [-0.05, 0) is 80.7 Å². The van der Waals surface area contributed by atoms with Gasteiger partial charge in [0, 0.05) is 42.5 Å². The highest BCUT2D eigenvalue weighted by Gasteiger charge is 2.50. The summed E-state index contributed by atoms with van der Waals surface area (Å²) in [5, 5.41) is 8.25. The molecule has 0 atom stereocenters. The Labute approximate surface area is 341 Å². The van der Waals surface area contributed by atoms with Gasteiger partial charge in [0.25, 0.3) is 0 Å². The van der Waals surface area contributed by atoms with Crippen LogP contribution in [0.15, 0.2) is 164 Å². The zero-order valence-corrected chi connectivity index (χ0v) is 36.3. The van der Waals surface area contributed by atoms with Crippen LogP contribution < -0.4 is 15.3 Å². The Balaban J connectivity index is 1.27. The van der Waals surface area contributed by atoms with Crippen LogP contribution >= 0.6 is 11.3 Å². The van der Waals surface area contributed by atoms with Crippen LogP contribution in [0.1, 0.15) is 22.3 Å². The summed E-state index contributed by atoms with van der Waals surface area (Å²) in [6.07, 6.45) is 0. The number of hydrogen-bond acceptors (Lipinski definition) is 2. The fourth-order valence-corrected chi connectivity index (χ4v) is 13.7. The van der Waals surface area contributed by atoms with E-state index in [1.54, 1.807) is 0 Å². The molecule has 0 saturated heterocycles. The summed E-state index contributed by atoms with van der Waals surface area (Å²) < 4.78 is 2.71. The van der Waals surface area contributed by atoms with E-state index in [2.05, 4.69) is 208 Å². The van der Waals surface area contributed by atoms with E-state index < -0.39 is 21.6 Å². The molecule has 1 heterocycles. The van der Waals surface area contributed by atoms with Crippen LogP contribution in [0.25, 0.3) is 53.2 Å². The lowest BCUT2D eigenvalue weighted by molar-refractivity contribution is 0.775. The van der Waals surface area contributed by atoms with E-state index in [0.717, 1.165) is 0 Å². The van der Waals surface area contributed by atoms with Crippen molar-refractivity contribution in [2.45, 2.75) is 44.7 Å². The van der Waals surface area contributed by atoms with Crippen molar-refractivity contribution in [1.29, 1.82) is 0 Å². The van der Waals surface area contributed by atoms with Crippen LogP contribution in [0.2, 0.25) is 39.3 Å². The number of nitrogens with zero attached hydrogens (tertiary/aromatic N) is 1. The van der Waals surface area contributed by atoms with Gasteiger partial charge < -0.3 is 4.90 Å². The zero-order chi connectivity index (χ0) is 38.8. The fraction of sp³-hybridized carbons (Fsp3) is 0.132. The Kier molecular flexibility index (Phi) is 7.45. The lowest BCUT2D eigenvalue weighted by Crippen LogP contribution is -2.37. The first-order valence-corrected chi connectivity index (χ1v) is 28.1. The maximum atomic E-state index is 2.52. The molecule has 2 aliphatic rings. The van der Waals surface area contributed by atoms with Gasteiger partial charge in [-0.2, -0.15) is 0 Å². The molecule has 0 fully saturated rings. The molecule has 4 heteroatoms. The lowest BCUT2D eigenvalue weighted by Gasteiger charge is -2.41. The van der Waals surface area contributed by atoms with Crippen LogP contribution in [-0.4, -0.2) is 16.1 Å². The summed E-state index contributed by atoms with van der Waals surface area (Å²) >= 11 is 1.95. The predicted octanol–water partition coefficient (Wildman–Crippen LogP) is 14.1. The van der Waals surface area contributed by atoms with Crippen LogP contribution in [0.3, 0.4) is 0 Å². The summed E-state index contributed by atoms with van der Waals surface area (Å²) in [6, 6.07) is 63.1. The molecule has 57 heavy (non-hydrogen) atoms. The molecule has 0 unspecified atom stereocenters. The van der Waals surface area contributed by atoms with Gasteiger partial charge in [-0.3, -0.25) is 0 Å². The highest BCUT2D eigenvalue weighted by atomic mass is 32.1. The molecule has 1 aromatic heterocycles. The molecule has 1 nitrogen and oxygen atoms in total. The van der Waals surface area contributed by atoms with E-state index in [-0.39, 0.29) is 0 Å². The third-order valence-electron chi connectivity index (χ3n) is 12.8. The van der Waals surface area contributed by atoms with Crippen molar-refractivity contribution < 1.29 is 0 Å². The van der Waals surface area contributed by atoms with Crippen molar-refractivity contribution in [3.05, 3.63) is 186 Å². The van der Waals surface area contributed by atoms with Gasteiger partial charge >= 0.3 is 0 Å². The van der Waals surface area contributed by atoms with Crippen molar-refractivity contribution in [2.75, 3.05) is 4.90 Å². The average Bonchev–Trinajstić information content (AvgIpc) is 3.74. The molecule has 0 bridgehead atoms. The van der Waals surface area contributed by atoms with Crippen LogP contribution in [0, 0.1) is 0 Å². The molecule has 0 radical (unpaired) electrons. The Morgan fingerprint density at radius 3 is 1.58 bits per heavy atom. The second-order valence-corrected chi connectivity index (χ2v) is 29.3. The minimum atomic E-state index is -1.49. The summed E-state index contributed by atoms with van der Waals surface area (Å²) in [7, 11) is -2.98. The molecular weight excluding hydrogens is 739 g/mol. The molecule has 276 valence electrons. The average molecular weight is 784 g/mol. The highest BCUT2D eigenvalue weighted by Crippen LogP contribution is 2.64. The third kappa shape index (κ3) is 4.91. The van der Waals surface area contributed by atoms with Gasteiger partial charge in [-0.25, -0.2) is 0 Å². The van der Waals surface area contributed by atoms with Crippen LogP contribution in [0.4, 0.5) is 17.1 Å². The number of fused-ring (bicyclic) bond motifs is 13. The van der Waals surface area contributed by atoms with E-state index in [0.29, 0.717) is 0 Å². The Hall–Kier alpha value is -5.53. The Morgan fingerprint density at radius 1 is 0.421 bits per heavy atom. The summed E-state index contributed by atoms with van der Waals surface area (Å²) in [5.74, 6) is 0. The predicted molar refractivity (Wildman–Crippen MR) is 254 cm³/mol. The number of hydrogen-bond donors (Lipinski definition) is 0. The van der Waals surface area contributed by atoms with Gasteiger partial charge in [0.05, 0.1) is 27.3 Å². The van der Waals surface area contributed by atoms with E-state index in [1.807, 2.05) is 11.3 Å². The molecule has 0 saturated carbocycles. The van der Waals surface area contributed by atoms with E-state index in [1.165, 1.54) is 103 Å². The molecular formula is C53H45NSSi2. The summed E-state index contributed by atoms with van der Waals surface area (Å²) in [6.45, 7) is 14.6. The SMILES string of the molecule is C[Si](C)(C)c1ccc(N(c2ccc([Si](C)(C)C)cc2)c2ccc3c4c(cccc24)C2(c4ccccc4-c4ccccc42)c2ccc4c(sc5ccccc54)c2-3)cc1. The van der Waals surface area contributed by atoms with Crippen molar-refractivity contribution in [3.8, 4) is 22.3 Å². The topological polar surface area (TPSA) is 3.24 Å². The summed E-state index contributed by atoms with van der Waals surface area (Å²) in [5.41, 5.74) is 14.0. The standard InChI is InChI=1S/C53H45NSSi2/c1-56(2,3)36-26-22-34(23-27-36)54(35-24-28-37(29-25-35)57(4,5)6)48-33-31-43-50-42(48)17-13-20-46(50)53(44-18-10-7-14-38(44)39-15-8-11-19-45(39)53)47-32-30-41-40-16-9-12-21-49(40)55-52(41)51(43)47/h7-33H,1-6H3. The molecule has 2 aliphatic carbocycles. The molecule has 8 aromatic carbocycles. The zero-order valence-electron chi connectivity index (χ0n) is 33.4. The minimum absolute atomic E-state index is 0.471. The van der Waals surface area contributed by atoms with Crippen molar-refractivity contribution in [2.24, 2.45) is 0 Å². The molecule has 0 N–H and O–H groups in total. The number of thiophene rings is 1. The Bertz CT molecular complexity index is 2980. The van der Waals surface area contributed by atoms with Crippen LogP contribution in [-0.2, 0) is 5.41 Å². The second-order valence-electron chi connectivity index (χ2n) is 18.1. The van der Waals surface area contributed by atoms with E-state index in [9.17, 15) is 0 Å². The molecule has 11 rings (SSSR count). The smallest absolute Gasteiger partial charge is 0.0775 e. The van der Waals surface area contributed by atoms with Gasteiger partial charge in [-0.15, -0.1) is 11.3 Å². The van der Waals surface area contributed by atoms with Gasteiger partial charge in [0.2, 0.25) is 0 Å². The van der Waals surface area contributed by atoms with Crippen molar-refractivity contribution in [3.63, 3.8) is 0 Å². The van der Waals surface area contributed by atoms with Crippen molar-refractivity contribution >= 4 is 85.9 Å². The third-order valence-corrected chi connectivity index (χ3v) is 18.2. The highest BCUT2D eigenvalue weighted by molar-refractivity contribution is 7.26. The van der Waals surface area contributed by atoms with Gasteiger partial charge in [0.1, 0.15) is 0 Å². The number of benzene rings is 8. The lowest BCUT2D eigenvalue weighted by atomic mass is 9.61. The second kappa shape index (κ2) is 12.2. The molecule has 0 amide bonds. The fourth-order valence-electron chi connectivity index (χ4n) is 10.1. The first kappa shape index (κ1) is 34.7. The molecule has 9 aromatic rings. The van der Waals surface area contributed by atoms with E-state index in [4.69, 9.17) is 0 Å². The van der Waals surface area contributed by atoms with Gasteiger partial charge in [0.15, 0.2) is 0 Å². The maximum absolute atomic E-state index is 2.52. The Morgan fingerprint density at radius 2 is 0.965 bits per heavy atom. The maximum Gasteiger partial charge on any atom is 0.0775 e. The number of anilines is 3. The first-order valence-electron chi connectivity index (χ1n) is 20.3. The van der Waals surface area contributed by atoms with Crippen molar-refractivity contribution in [1.82, 2.24) is 0 Å². The molecule has 1 spiro atoms. The minimum Gasteiger partial charge on any atom is -0.310 e. The van der Waals surface area contributed by atoms with Crippen LogP contribution in [0.5, 0.6) is 0 Å². The first-order chi connectivity index (χ1) is 27.5. The largest absolute Gasteiger partial charge is 0.310 e. The monoisotopic (exact) mass is 783 g/mol. The molecule has 0 aliphatic heterocycles. The van der Waals surface area contributed by atoms with Gasteiger partial charge in [-0.1, -0.05) is 177 Å². The summed E-state index contributed by atoms with van der Waals surface area (Å²) in [4.78, 5) is 2.52. The number of rotatable bonds is 5. The quantitative estimate of drug-likeness (QED) is 0.157. The van der Waals surface area contributed by atoms with E-state index >= 15 is 0 Å².